The van der Waals surface area contributed by atoms with Gasteiger partial charge < -0.3 is 34.1 Å². The molecule has 1 saturated carbocycles. The molecule has 4 fully saturated rings. The van der Waals surface area contributed by atoms with Crippen LogP contribution < -0.4 is 30.6 Å². The molecule has 18 heteroatoms. The summed E-state index contributed by atoms with van der Waals surface area (Å²) in [4.78, 5) is 101. The number of fused-ring (bicyclic) bond motifs is 2. The van der Waals surface area contributed by atoms with E-state index in [0.717, 1.165) is 83.8 Å². The van der Waals surface area contributed by atoms with Crippen LogP contribution in [0.5, 0.6) is 11.5 Å². The fourth-order valence-corrected chi connectivity index (χ4v) is 11.8. The Labute approximate surface area is 392 Å². The number of carbonyl (C=O) groups excluding carboxylic acids is 6. The number of thiophene rings is 1. The molecule has 1 atom stereocenters. The summed E-state index contributed by atoms with van der Waals surface area (Å²) in [6.45, 7) is 6.22. The van der Waals surface area contributed by atoms with Crippen LogP contribution in [0.1, 0.15) is 80.9 Å². The van der Waals surface area contributed by atoms with E-state index in [1.165, 1.54) is 11.3 Å². The van der Waals surface area contributed by atoms with Gasteiger partial charge in [-0.1, -0.05) is 0 Å². The lowest BCUT2D eigenvalue weighted by Crippen LogP contribution is -2.54. The first-order valence-electron chi connectivity index (χ1n) is 23.1. The smallest absolute Gasteiger partial charge is 0.262 e. The molecule has 2 N–H and O–H groups in total. The lowest BCUT2D eigenvalue weighted by atomic mass is 9.57. The Morgan fingerprint density at radius 2 is 1.57 bits per heavy atom. The molecule has 6 amide bonds. The molecule has 354 valence electrons. The zero-order valence-corrected chi connectivity index (χ0v) is 39.6. The van der Waals surface area contributed by atoms with Crippen LogP contribution in [0.4, 0.5) is 5.69 Å². The Morgan fingerprint density at radius 3 is 2.22 bits per heavy atom. The Hall–Kier alpha value is -6.11. The van der Waals surface area contributed by atoms with Gasteiger partial charge in [0.25, 0.3) is 23.3 Å². The number of likely N-dealkylation sites (tertiary alicyclic amines) is 1. The highest BCUT2D eigenvalue weighted by atomic mass is 32.1. The molecule has 4 aromatic rings. The summed E-state index contributed by atoms with van der Waals surface area (Å²) in [5.74, 6) is -0.376. The van der Waals surface area contributed by atoms with Crippen molar-refractivity contribution in [1.29, 1.82) is 0 Å². The van der Waals surface area contributed by atoms with Crippen LogP contribution in [0.25, 0.3) is 21.2 Å². The number of amides is 6. The van der Waals surface area contributed by atoms with E-state index in [2.05, 4.69) is 20.4 Å². The predicted molar refractivity (Wildman–Crippen MR) is 253 cm³/mol. The minimum atomic E-state index is -1.000. The van der Waals surface area contributed by atoms with Gasteiger partial charge in [0.2, 0.25) is 17.7 Å². The largest absolute Gasteiger partial charge is 0.496 e. The summed E-state index contributed by atoms with van der Waals surface area (Å²) < 4.78 is 13.8. The van der Waals surface area contributed by atoms with E-state index in [1.807, 2.05) is 42.1 Å². The van der Waals surface area contributed by atoms with Crippen molar-refractivity contribution in [2.24, 2.45) is 18.4 Å². The molecule has 9 rings (SSSR count). The first kappa shape index (κ1) is 46.0. The molecule has 5 aliphatic rings. The molecule has 6 heterocycles. The fourth-order valence-electron chi connectivity index (χ4n) is 10.7. The molecule has 17 nitrogen and oxygen atoms in total. The number of methoxy groups -OCH3 is 2. The van der Waals surface area contributed by atoms with Crippen molar-refractivity contribution in [1.82, 2.24) is 34.8 Å². The molecule has 2 aromatic heterocycles. The number of nitrogens with one attached hydrogen (secondary N) is 2. The third-order valence-electron chi connectivity index (χ3n) is 14.4. The Bertz CT molecular complexity index is 2700. The highest BCUT2D eigenvalue weighted by molar-refractivity contribution is 7.21. The average Bonchev–Trinajstić information content (AvgIpc) is 3.87. The number of ether oxygens (including phenoxy) is 2. The fraction of sp³-hybridized carbons (Fsp3) is 0.490. The van der Waals surface area contributed by atoms with E-state index in [-0.39, 0.29) is 46.8 Å². The van der Waals surface area contributed by atoms with Crippen LogP contribution in [0.15, 0.2) is 47.4 Å². The van der Waals surface area contributed by atoms with Crippen LogP contribution in [0.3, 0.4) is 0 Å². The van der Waals surface area contributed by atoms with Crippen LogP contribution in [-0.2, 0) is 28.0 Å². The molecule has 1 unspecified atom stereocenters. The van der Waals surface area contributed by atoms with Crippen molar-refractivity contribution in [3.05, 3.63) is 74.5 Å². The number of pyridine rings is 1. The Balaban J connectivity index is 0.724. The molecule has 4 aliphatic heterocycles. The molecular formula is C49H58N8O9S. The van der Waals surface area contributed by atoms with E-state index < -0.39 is 29.7 Å². The van der Waals surface area contributed by atoms with Crippen molar-refractivity contribution >= 4 is 62.6 Å². The first-order valence-corrected chi connectivity index (χ1v) is 23.9. The molecule has 0 bridgehead atoms. The number of benzene rings is 2. The second-order valence-electron chi connectivity index (χ2n) is 19.0. The minimum Gasteiger partial charge on any atom is -0.496 e. The van der Waals surface area contributed by atoms with Gasteiger partial charge in [0.1, 0.15) is 17.5 Å². The molecule has 0 radical (unpaired) electrons. The molecule has 1 spiro atoms. The maximum Gasteiger partial charge on any atom is 0.262 e. The third-order valence-corrected chi connectivity index (χ3v) is 15.6. The van der Waals surface area contributed by atoms with Gasteiger partial charge in [-0.25, -0.2) is 0 Å². The van der Waals surface area contributed by atoms with E-state index in [1.54, 1.807) is 50.2 Å². The quantitative estimate of drug-likeness (QED) is 0.186. The summed E-state index contributed by atoms with van der Waals surface area (Å²) in [6.07, 6.45) is 6.37. The van der Waals surface area contributed by atoms with Gasteiger partial charge >= 0.3 is 0 Å². The second kappa shape index (κ2) is 18.5. The number of anilines is 1. The maximum atomic E-state index is 13.6. The number of nitrogens with zero attached hydrogens (tertiary/aromatic N) is 6. The van der Waals surface area contributed by atoms with E-state index in [0.29, 0.717) is 66.8 Å². The van der Waals surface area contributed by atoms with Crippen molar-refractivity contribution < 1.29 is 38.2 Å². The zero-order valence-electron chi connectivity index (χ0n) is 38.8. The lowest BCUT2D eigenvalue weighted by molar-refractivity contribution is -0.137. The second-order valence-corrected chi connectivity index (χ2v) is 20.1. The summed E-state index contributed by atoms with van der Waals surface area (Å²) in [5.41, 5.74) is 3.94. The average molecular weight is 935 g/mol. The zero-order chi connectivity index (χ0) is 47.3. The maximum absolute atomic E-state index is 13.6. The summed E-state index contributed by atoms with van der Waals surface area (Å²) >= 11 is 1.32. The Morgan fingerprint density at radius 1 is 0.881 bits per heavy atom. The number of aryl methyl sites for hydroxylation is 1. The number of hydrogen-bond donors (Lipinski definition) is 2. The number of carbonyl (C=O) groups is 6. The SMILES string of the molecule is COc1cc(-c2cn(C)c(=O)c3cc(C(=O)NCC4CC5(CCN(C(=O)CCN6CCN(c7ccc8c(c7)C(=O)N(C7CCC(=O)NC7=O)C8=O)CC6)CC5)C4)sc23)cc(OC)c1CN(C)C. The summed E-state index contributed by atoms with van der Waals surface area (Å²) in [5, 5.41) is 5.88. The first-order chi connectivity index (χ1) is 32.1. The number of imide groups is 2. The standard InChI is InChI=1S/C49H58N8O9S/c1-52(2)27-36-38(65-4)20-30(21-39(36)66-5)35-28-53(3)46(62)34-23-40(67-43(34)35)45(61)50-26-29-24-49(25-29)11-14-56(15-12-49)42(59)10-13-54-16-18-55(19-17-54)31-6-7-32-33(22-31)48(64)57(47(32)63)37-8-9-41(58)51-44(37)60/h6-7,20-23,28-29,37H,8-19,24-27H2,1-5H3,(H,50,61)(H,51,58,60). The van der Waals surface area contributed by atoms with Gasteiger partial charge in [0, 0.05) is 101 Å². The van der Waals surface area contributed by atoms with Gasteiger partial charge in [-0.2, -0.15) is 0 Å². The van der Waals surface area contributed by atoms with Crippen molar-refractivity contribution in [2.45, 2.75) is 57.5 Å². The monoisotopic (exact) mass is 934 g/mol. The molecule has 1 aliphatic carbocycles. The normalized spacial score (nSPS) is 19.9. The summed E-state index contributed by atoms with van der Waals surface area (Å²) in [7, 11) is 8.94. The molecule has 67 heavy (non-hydrogen) atoms. The van der Waals surface area contributed by atoms with Crippen LogP contribution in [0, 0.1) is 11.3 Å². The third kappa shape index (κ3) is 8.93. The highest BCUT2D eigenvalue weighted by Gasteiger charge is 2.47. The van der Waals surface area contributed by atoms with Crippen LogP contribution in [0.2, 0.25) is 0 Å². The van der Waals surface area contributed by atoms with Gasteiger partial charge in [0.05, 0.1) is 41.2 Å². The Kier molecular flexibility index (Phi) is 12.7. The highest BCUT2D eigenvalue weighted by Crippen LogP contribution is 2.52. The van der Waals surface area contributed by atoms with Gasteiger partial charge in [-0.05, 0) is 99.5 Å². The van der Waals surface area contributed by atoms with E-state index in [9.17, 15) is 33.6 Å². The van der Waals surface area contributed by atoms with E-state index in [4.69, 9.17) is 9.47 Å². The number of rotatable bonds is 13. The lowest BCUT2D eigenvalue weighted by Gasteiger charge is -2.52. The van der Waals surface area contributed by atoms with Gasteiger partial charge in [0.15, 0.2) is 0 Å². The van der Waals surface area contributed by atoms with Gasteiger partial charge in [-0.15, -0.1) is 11.3 Å². The molecule has 2 aromatic carbocycles. The summed E-state index contributed by atoms with van der Waals surface area (Å²) in [6, 6.07) is 9.81. The number of aromatic nitrogens is 1. The predicted octanol–water partition coefficient (Wildman–Crippen LogP) is 3.71. The number of piperidine rings is 2. The van der Waals surface area contributed by atoms with Gasteiger partial charge in [-0.3, -0.25) is 48.7 Å². The molecular weight excluding hydrogens is 877 g/mol. The molecule has 3 saturated heterocycles. The van der Waals surface area contributed by atoms with Crippen LogP contribution in [-0.4, -0.2) is 146 Å². The van der Waals surface area contributed by atoms with Crippen LogP contribution >= 0.6 is 11.3 Å². The van der Waals surface area contributed by atoms with Crippen molar-refractivity contribution in [3.8, 4) is 22.6 Å². The van der Waals surface area contributed by atoms with Crippen molar-refractivity contribution in [3.63, 3.8) is 0 Å². The number of piperazine rings is 1. The van der Waals surface area contributed by atoms with E-state index >= 15 is 0 Å². The van der Waals surface area contributed by atoms with Crippen molar-refractivity contribution in [2.75, 3.05) is 85.6 Å². The number of hydrogen-bond acceptors (Lipinski definition) is 13. The minimum absolute atomic E-state index is 0.0717. The topological polar surface area (TPSA) is 183 Å².